The Labute approximate surface area is 182 Å². The van der Waals surface area contributed by atoms with Crippen molar-refractivity contribution in [2.45, 2.75) is 52.0 Å². The van der Waals surface area contributed by atoms with E-state index in [9.17, 15) is 31.5 Å². The SMILES string of the molecule is CC(C)NC(=O)C1=CN(C(=O)c2ccc(F)c(F)c2)CC(C)(C)C2C1NNC2C(F)(F)F. The molecular weight excluding hydrogens is 435 g/mol. The van der Waals surface area contributed by atoms with Crippen molar-refractivity contribution in [3.05, 3.63) is 47.2 Å². The van der Waals surface area contributed by atoms with E-state index in [2.05, 4.69) is 16.2 Å². The van der Waals surface area contributed by atoms with E-state index in [4.69, 9.17) is 0 Å². The molecule has 0 bridgehead atoms. The average molecular weight is 460 g/mol. The molecule has 1 fully saturated rings. The average Bonchev–Trinajstić information content (AvgIpc) is 3.08. The number of alkyl halides is 3. The van der Waals surface area contributed by atoms with E-state index in [0.29, 0.717) is 0 Å². The quantitative estimate of drug-likeness (QED) is 0.607. The molecule has 6 nitrogen and oxygen atoms in total. The second-order valence-electron chi connectivity index (χ2n) is 9.07. The normalized spacial score (nSPS) is 25.2. The molecule has 0 spiro atoms. The lowest BCUT2D eigenvalue weighted by atomic mass is 9.70. The summed E-state index contributed by atoms with van der Waals surface area (Å²) in [6, 6.07) is -0.715. The molecule has 3 rings (SSSR count). The van der Waals surface area contributed by atoms with Crippen molar-refractivity contribution in [1.29, 1.82) is 0 Å². The highest BCUT2D eigenvalue weighted by molar-refractivity contribution is 5.98. The molecule has 2 aliphatic heterocycles. The highest BCUT2D eigenvalue weighted by Crippen LogP contribution is 2.45. The molecule has 1 saturated heterocycles. The van der Waals surface area contributed by atoms with E-state index in [1.165, 1.54) is 6.20 Å². The Kier molecular flexibility index (Phi) is 6.36. The Bertz CT molecular complexity index is 945. The number of hydrogen-bond donors (Lipinski definition) is 3. The largest absolute Gasteiger partial charge is 0.405 e. The van der Waals surface area contributed by atoms with Crippen molar-refractivity contribution >= 4 is 11.8 Å². The molecule has 1 aromatic rings. The first-order chi connectivity index (χ1) is 14.7. The van der Waals surface area contributed by atoms with Crippen LogP contribution in [0.3, 0.4) is 0 Å². The molecule has 32 heavy (non-hydrogen) atoms. The molecule has 0 aromatic heterocycles. The topological polar surface area (TPSA) is 73.5 Å². The summed E-state index contributed by atoms with van der Waals surface area (Å²) in [5.41, 5.74) is 3.47. The van der Waals surface area contributed by atoms with E-state index < -0.39 is 53.0 Å². The number of nitrogens with zero attached hydrogens (tertiary/aromatic N) is 1. The molecule has 3 N–H and O–H groups in total. The summed E-state index contributed by atoms with van der Waals surface area (Å²) >= 11 is 0. The molecule has 0 radical (unpaired) electrons. The predicted molar refractivity (Wildman–Crippen MR) is 106 cm³/mol. The highest BCUT2D eigenvalue weighted by atomic mass is 19.4. The van der Waals surface area contributed by atoms with Crippen molar-refractivity contribution in [2.75, 3.05) is 6.54 Å². The van der Waals surface area contributed by atoms with Crippen LogP contribution in [0.15, 0.2) is 30.0 Å². The first-order valence-corrected chi connectivity index (χ1v) is 10.1. The summed E-state index contributed by atoms with van der Waals surface area (Å²) in [6.45, 7) is 6.35. The van der Waals surface area contributed by atoms with Crippen LogP contribution in [-0.2, 0) is 4.79 Å². The zero-order valence-corrected chi connectivity index (χ0v) is 18.0. The third-order valence-corrected chi connectivity index (χ3v) is 5.68. The summed E-state index contributed by atoms with van der Waals surface area (Å²) in [7, 11) is 0. The number of hydrazine groups is 1. The maximum Gasteiger partial charge on any atom is 0.405 e. The van der Waals surface area contributed by atoms with Gasteiger partial charge in [0.25, 0.3) is 11.8 Å². The van der Waals surface area contributed by atoms with Crippen LogP contribution in [0.4, 0.5) is 22.0 Å². The molecular formula is C21H25F5N4O2. The van der Waals surface area contributed by atoms with Crippen molar-refractivity contribution in [1.82, 2.24) is 21.1 Å². The minimum atomic E-state index is -4.61. The third kappa shape index (κ3) is 4.63. The van der Waals surface area contributed by atoms with Gasteiger partial charge in [0.15, 0.2) is 11.6 Å². The minimum Gasteiger partial charge on any atom is -0.350 e. The van der Waals surface area contributed by atoms with Gasteiger partial charge in [0.1, 0.15) is 6.04 Å². The van der Waals surface area contributed by atoms with Gasteiger partial charge in [0.05, 0.1) is 11.6 Å². The minimum absolute atomic E-state index is 0.0653. The summed E-state index contributed by atoms with van der Waals surface area (Å²) in [6.07, 6.45) is -3.41. The Morgan fingerprint density at radius 2 is 1.81 bits per heavy atom. The summed E-state index contributed by atoms with van der Waals surface area (Å²) in [5, 5.41) is 2.65. The molecule has 0 aliphatic carbocycles. The molecule has 1 aromatic carbocycles. The first-order valence-electron chi connectivity index (χ1n) is 10.1. The summed E-state index contributed by atoms with van der Waals surface area (Å²) in [5.74, 6) is -4.89. The highest BCUT2D eigenvalue weighted by Gasteiger charge is 2.58. The second-order valence-corrected chi connectivity index (χ2v) is 9.07. The molecule has 11 heteroatoms. The van der Waals surface area contributed by atoms with Gasteiger partial charge in [-0.05, 0) is 37.5 Å². The fourth-order valence-corrected chi connectivity index (χ4v) is 4.32. The van der Waals surface area contributed by atoms with Gasteiger partial charge < -0.3 is 10.2 Å². The zero-order valence-electron chi connectivity index (χ0n) is 18.0. The fourth-order valence-electron chi connectivity index (χ4n) is 4.32. The Balaban J connectivity index is 2.08. The Morgan fingerprint density at radius 3 is 2.38 bits per heavy atom. The first kappa shape index (κ1) is 24.1. The smallest absolute Gasteiger partial charge is 0.350 e. The number of fused-ring (bicyclic) bond motifs is 1. The molecule has 2 aliphatic rings. The van der Waals surface area contributed by atoms with Gasteiger partial charge in [0.2, 0.25) is 0 Å². The van der Waals surface area contributed by atoms with Crippen molar-refractivity contribution < 1.29 is 31.5 Å². The standard InChI is InChI=1S/C21H25F5N4O2/c1-10(2)27-18(31)12-8-30(19(32)11-5-6-13(22)14(23)7-11)9-20(3,4)15-16(12)28-29-17(15)21(24,25)26/h5-8,10,15-17,28-29H,9H2,1-4H3,(H,27,31). The van der Waals surface area contributed by atoms with E-state index in [-0.39, 0.29) is 23.7 Å². The van der Waals surface area contributed by atoms with E-state index >= 15 is 0 Å². The van der Waals surface area contributed by atoms with E-state index in [1.54, 1.807) is 27.7 Å². The number of hydrogen-bond acceptors (Lipinski definition) is 4. The third-order valence-electron chi connectivity index (χ3n) is 5.68. The van der Waals surface area contributed by atoms with Crippen LogP contribution in [0.25, 0.3) is 0 Å². The zero-order chi connectivity index (χ0) is 24.0. The molecule has 3 unspecified atom stereocenters. The molecule has 3 atom stereocenters. The summed E-state index contributed by atoms with van der Waals surface area (Å²) in [4.78, 5) is 27.1. The lowest BCUT2D eigenvalue weighted by molar-refractivity contribution is -0.170. The van der Waals surface area contributed by atoms with Crippen LogP contribution < -0.4 is 16.2 Å². The molecule has 0 saturated carbocycles. The van der Waals surface area contributed by atoms with Crippen molar-refractivity contribution in [3.8, 4) is 0 Å². The Hall–Kier alpha value is -2.53. The molecule has 176 valence electrons. The Morgan fingerprint density at radius 1 is 1.16 bits per heavy atom. The van der Waals surface area contributed by atoms with Gasteiger partial charge in [-0.25, -0.2) is 19.6 Å². The molecule has 2 amide bonds. The lowest BCUT2D eigenvalue weighted by Gasteiger charge is -2.38. The van der Waals surface area contributed by atoms with Gasteiger partial charge in [-0.15, -0.1) is 0 Å². The van der Waals surface area contributed by atoms with Crippen molar-refractivity contribution in [3.63, 3.8) is 0 Å². The van der Waals surface area contributed by atoms with Crippen LogP contribution in [0.2, 0.25) is 0 Å². The van der Waals surface area contributed by atoms with Crippen LogP contribution in [0.5, 0.6) is 0 Å². The number of halogens is 5. The maximum atomic E-state index is 13.8. The molecule has 2 heterocycles. The van der Waals surface area contributed by atoms with Gasteiger partial charge in [-0.3, -0.25) is 9.59 Å². The van der Waals surface area contributed by atoms with E-state index in [1.807, 2.05) is 0 Å². The van der Waals surface area contributed by atoms with E-state index in [0.717, 1.165) is 23.1 Å². The monoisotopic (exact) mass is 460 g/mol. The second kappa shape index (κ2) is 8.43. The number of benzene rings is 1. The number of rotatable bonds is 3. The van der Waals surface area contributed by atoms with Crippen molar-refractivity contribution in [2.24, 2.45) is 11.3 Å². The maximum absolute atomic E-state index is 13.8. The van der Waals surface area contributed by atoms with Gasteiger partial charge in [-0.1, -0.05) is 13.8 Å². The van der Waals surface area contributed by atoms with Gasteiger partial charge in [0, 0.05) is 30.3 Å². The number of carbonyl (C=O) groups is 2. The van der Waals surface area contributed by atoms with Crippen LogP contribution in [0, 0.1) is 23.0 Å². The van der Waals surface area contributed by atoms with Gasteiger partial charge in [-0.2, -0.15) is 13.2 Å². The number of amides is 2. The van der Waals surface area contributed by atoms with Gasteiger partial charge >= 0.3 is 6.18 Å². The van der Waals surface area contributed by atoms with Crippen LogP contribution >= 0.6 is 0 Å². The summed E-state index contributed by atoms with van der Waals surface area (Å²) < 4.78 is 68.3. The van der Waals surface area contributed by atoms with Crippen LogP contribution in [0.1, 0.15) is 38.1 Å². The van der Waals surface area contributed by atoms with Crippen LogP contribution in [-0.4, -0.2) is 47.6 Å². The predicted octanol–water partition coefficient (Wildman–Crippen LogP) is 2.88. The number of carbonyl (C=O) groups excluding carboxylic acids is 2. The fraction of sp³-hybridized carbons (Fsp3) is 0.524. The number of nitrogens with one attached hydrogen (secondary N) is 3. The lowest BCUT2D eigenvalue weighted by Crippen LogP contribution is -2.50.